The third-order valence-electron chi connectivity index (χ3n) is 2.64. The summed E-state index contributed by atoms with van der Waals surface area (Å²) in [6, 6.07) is 5.80. The predicted octanol–water partition coefficient (Wildman–Crippen LogP) is 2.93. The fourth-order valence-electron chi connectivity index (χ4n) is 1.69. The van der Waals surface area contributed by atoms with Gasteiger partial charge in [-0.1, -0.05) is 12.1 Å². The number of ether oxygens (including phenoxy) is 1. The number of alkyl halides is 3. The minimum atomic E-state index is -4.41. The highest BCUT2D eigenvalue weighted by Crippen LogP contribution is 2.30. The first kappa shape index (κ1) is 15.7. The average Bonchev–Trinajstić information content (AvgIpc) is 2.44. The molecule has 0 atom stereocenters. The van der Waals surface area contributed by atoms with Crippen molar-refractivity contribution in [3.63, 3.8) is 0 Å². The Bertz CT molecular complexity index is 685. The van der Waals surface area contributed by atoms with E-state index in [-0.39, 0.29) is 11.7 Å². The summed E-state index contributed by atoms with van der Waals surface area (Å²) >= 11 is 0. The molecule has 0 amide bonds. The van der Waals surface area contributed by atoms with Gasteiger partial charge in [0.05, 0.1) is 5.56 Å². The van der Waals surface area contributed by atoms with E-state index in [2.05, 4.69) is 9.97 Å². The van der Waals surface area contributed by atoms with Crippen LogP contribution in [-0.2, 0) is 11.0 Å². The summed E-state index contributed by atoms with van der Waals surface area (Å²) in [6.45, 7) is 1.08. The molecule has 0 saturated carbocycles. The van der Waals surface area contributed by atoms with Gasteiger partial charge in [-0.3, -0.25) is 0 Å². The highest BCUT2D eigenvalue weighted by molar-refractivity contribution is 5.68. The molecule has 0 unspecified atom stereocenters. The van der Waals surface area contributed by atoms with E-state index in [1.165, 1.54) is 18.2 Å². The molecule has 1 aromatic carbocycles. The number of rotatable bonds is 4. The minimum absolute atomic E-state index is 0.0461. The second kappa shape index (κ2) is 6.00. The highest BCUT2D eigenvalue weighted by atomic mass is 19.4. The van der Waals surface area contributed by atoms with E-state index in [1.807, 2.05) is 0 Å². The van der Waals surface area contributed by atoms with Crippen LogP contribution in [-0.4, -0.2) is 27.7 Å². The number of carboxylic acids is 1. The summed E-state index contributed by atoms with van der Waals surface area (Å²) < 4.78 is 42.5. The molecule has 0 fully saturated rings. The molecule has 0 aliphatic carbocycles. The normalized spacial score (nSPS) is 11.3. The number of aliphatic carboxylic acids is 1. The molecular weight excluding hydrogens is 301 g/mol. The van der Waals surface area contributed by atoms with Crippen LogP contribution in [0.5, 0.6) is 5.88 Å². The maximum Gasteiger partial charge on any atom is 0.416 e. The molecule has 2 aromatic rings. The van der Waals surface area contributed by atoms with Crippen LogP contribution in [0.4, 0.5) is 13.2 Å². The van der Waals surface area contributed by atoms with Crippen LogP contribution in [0.1, 0.15) is 11.3 Å². The van der Waals surface area contributed by atoms with Crippen molar-refractivity contribution in [2.45, 2.75) is 13.1 Å². The number of carbonyl (C=O) groups is 1. The van der Waals surface area contributed by atoms with E-state index in [9.17, 15) is 18.0 Å². The SMILES string of the molecule is Cc1cc(OCC(=O)O)nc(-c2ccc(C(F)(F)F)cc2)n1. The van der Waals surface area contributed by atoms with Crippen molar-refractivity contribution in [3.8, 4) is 17.3 Å². The molecular formula is C14H11F3N2O3. The topological polar surface area (TPSA) is 72.3 Å². The first-order valence-electron chi connectivity index (χ1n) is 6.13. The van der Waals surface area contributed by atoms with Crippen LogP contribution in [0, 0.1) is 6.92 Å². The quantitative estimate of drug-likeness (QED) is 0.939. The minimum Gasteiger partial charge on any atom is -0.479 e. The Balaban J connectivity index is 2.30. The van der Waals surface area contributed by atoms with Crippen molar-refractivity contribution < 1.29 is 27.8 Å². The van der Waals surface area contributed by atoms with Crippen molar-refractivity contribution in [3.05, 3.63) is 41.6 Å². The van der Waals surface area contributed by atoms with Gasteiger partial charge in [-0.05, 0) is 19.1 Å². The van der Waals surface area contributed by atoms with Gasteiger partial charge in [-0.15, -0.1) is 0 Å². The summed E-state index contributed by atoms with van der Waals surface area (Å²) in [5, 5.41) is 8.56. The maximum absolute atomic E-state index is 12.5. The molecule has 5 nitrogen and oxygen atoms in total. The molecule has 0 aliphatic heterocycles. The first-order valence-corrected chi connectivity index (χ1v) is 6.13. The third-order valence-corrected chi connectivity index (χ3v) is 2.64. The van der Waals surface area contributed by atoms with E-state index in [4.69, 9.17) is 9.84 Å². The van der Waals surface area contributed by atoms with Crippen LogP contribution in [0.2, 0.25) is 0 Å². The van der Waals surface area contributed by atoms with Gasteiger partial charge in [0, 0.05) is 17.3 Å². The van der Waals surface area contributed by atoms with Crippen molar-refractivity contribution in [2.24, 2.45) is 0 Å². The van der Waals surface area contributed by atoms with Gasteiger partial charge in [-0.25, -0.2) is 9.78 Å². The molecule has 0 aliphatic rings. The second-order valence-electron chi connectivity index (χ2n) is 4.43. The number of benzene rings is 1. The summed E-state index contributed by atoms with van der Waals surface area (Å²) in [7, 11) is 0. The zero-order valence-electron chi connectivity index (χ0n) is 11.4. The van der Waals surface area contributed by atoms with Gasteiger partial charge in [-0.2, -0.15) is 18.2 Å². The summed E-state index contributed by atoms with van der Waals surface area (Å²) in [6.07, 6.45) is -4.41. The second-order valence-corrected chi connectivity index (χ2v) is 4.43. The molecule has 22 heavy (non-hydrogen) atoms. The Hall–Kier alpha value is -2.64. The van der Waals surface area contributed by atoms with Crippen molar-refractivity contribution >= 4 is 5.97 Å². The lowest BCUT2D eigenvalue weighted by molar-refractivity contribution is -0.139. The summed E-state index contributed by atoms with van der Waals surface area (Å²) in [5.41, 5.74) is 0.105. The van der Waals surface area contributed by atoms with Crippen LogP contribution in [0.25, 0.3) is 11.4 Å². The van der Waals surface area contributed by atoms with Crippen molar-refractivity contribution in [1.29, 1.82) is 0 Å². The Labute approximate surface area is 123 Å². The van der Waals surface area contributed by atoms with Crippen molar-refractivity contribution in [1.82, 2.24) is 9.97 Å². The van der Waals surface area contributed by atoms with Crippen LogP contribution < -0.4 is 4.74 Å². The number of aromatic nitrogens is 2. The summed E-state index contributed by atoms with van der Waals surface area (Å²) in [4.78, 5) is 18.6. The average molecular weight is 312 g/mol. The maximum atomic E-state index is 12.5. The van der Waals surface area contributed by atoms with Gasteiger partial charge in [0.2, 0.25) is 5.88 Å². The van der Waals surface area contributed by atoms with Gasteiger partial charge in [0.15, 0.2) is 12.4 Å². The van der Waals surface area contributed by atoms with Crippen molar-refractivity contribution in [2.75, 3.05) is 6.61 Å². The zero-order valence-corrected chi connectivity index (χ0v) is 11.4. The lowest BCUT2D eigenvalue weighted by Gasteiger charge is -2.09. The molecule has 8 heteroatoms. The summed E-state index contributed by atoms with van der Waals surface area (Å²) in [5.74, 6) is -0.953. The Kier molecular flexibility index (Phi) is 4.30. The van der Waals surface area contributed by atoms with E-state index in [0.29, 0.717) is 11.3 Å². The predicted molar refractivity (Wildman–Crippen MR) is 70.3 cm³/mol. The number of aryl methyl sites for hydroxylation is 1. The van der Waals surface area contributed by atoms with Crippen LogP contribution >= 0.6 is 0 Å². The number of carboxylic acid groups (broad SMARTS) is 1. The molecule has 1 heterocycles. The third kappa shape index (κ3) is 3.94. The lowest BCUT2D eigenvalue weighted by Crippen LogP contribution is -2.11. The number of hydrogen-bond donors (Lipinski definition) is 1. The monoisotopic (exact) mass is 312 g/mol. The molecule has 2 rings (SSSR count). The molecule has 1 aromatic heterocycles. The highest BCUT2D eigenvalue weighted by Gasteiger charge is 2.30. The van der Waals surface area contributed by atoms with E-state index in [1.54, 1.807) is 6.92 Å². The van der Waals surface area contributed by atoms with Gasteiger partial charge in [0.1, 0.15) is 0 Å². The fourth-order valence-corrected chi connectivity index (χ4v) is 1.69. The van der Waals surface area contributed by atoms with E-state index < -0.39 is 24.3 Å². The number of halogens is 3. The van der Waals surface area contributed by atoms with E-state index >= 15 is 0 Å². The molecule has 116 valence electrons. The Morgan fingerprint density at radius 2 is 1.86 bits per heavy atom. The lowest BCUT2D eigenvalue weighted by atomic mass is 10.1. The van der Waals surface area contributed by atoms with Crippen LogP contribution in [0.15, 0.2) is 30.3 Å². The first-order chi connectivity index (χ1) is 10.3. The van der Waals surface area contributed by atoms with Gasteiger partial charge in [0.25, 0.3) is 0 Å². The largest absolute Gasteiger partial charge is 0.479 e. The van der Waals surface area contributed by atoms with Gasteiger partial charge < -0.3 is 9.84 Å². The molecule has 0 bridgehead atoms. The standard InChI is InChI=1S/C14H11F3N2O3/c1-8-6-11(22-7-12(20)21)19-13(18-8)9-2-4-10(5-3-9)14(15,16)17/h2-6H,7H2,1H3,(H,20,21). The molecule has 1 N–H and O–H groups in total. The van der Waals surface area contributed by atoms with E-state index in [0.717, 1.165) is 12.1 Å². The Morgan fingerprint density at radius 3 is 2.41 bits per heavy atom. The molecule has 0 radical (unpaired) electrons. The molecule has 0 spiro atoms. The fraction of sp³-hybridized carbons (Fsp3) is 0.214. The Morgan fingerprint density at radius 1 is 1.23 bits per heavy atom. The molecule has 0 saturated heterocycles. The number of nitrogens with zero attached hydrogens (tertiary/aromatic N) is 2. The smallest absolute Gasteiger partial charge is 0.416 e. The zero-order chi connectivity index (χ0) is 16.3. The van der Waals surface area contributed by atoms with Crippen LogP contribution in [0.3, 0.4) is 0 Å². The number of hydrogen-bond acceptors (Lipinski definition) is 4. The van der Waals surface area contributed by atoms with Gasteiger partial charge >= 0.3 is 12.1 Å².